The standard InChI is InChI=1S/C12H19NO2/c1-9-4-5-10(2)12(6-9)15-8-11(7-13)14-3/h4-6,11H,7-8,13H2,1-3H3. The van der Waals surface area contributed by atoms with E-state index in [-0.39, 0.29) is 6.10 Å². The van der Waals surface area contributed by atoms with Gasteiger partial charge < -0.3 is 15.2 Å². The van der Waals surface area contributed by atoms with E-state index in [4.69, 9.17) is 15.2 Å². The molecule has 0 spiro atoms. The Morgan fingerprint density at radius 2 is 2.07 bits per heavy atom. The Hall–Kier alpha value is -1.06. The molecule has 1 aromatic rings. The molecule has 0 heterocycles. The third-order valence-corrected chi connectivity index (χ3v) is 2.36. The lowest BCUT2D eigenvalue weighted by molar-refractivity contribution is 0.0641. The number of nitrogens with two attached hydrogens (primary N) is 1. The fourth-order valence-corrected chi connectivity index (χ4v) is 1.28. The highest BCUT2D eigenvalue weighted by atomic mass is 16.5. The molecular weight excluding hydrogens is 190 g/mol. The van der Waals surface area contributed by atoms with Gasteiger partial charge in [-0.3, -0.25) is 0 Å². The highest BCUT2D eigenvalue weighted by molar-refractivity contribution is 5.35. The molecule has 3 nitrogen and oxygen atoms in total. The Labute approximate surface area is 91.2 Å². The van der Waals surface area contributed by atoms with Crippen LogP contribution in [0.4, 0.5) is 0 Å². The first-order valence-electron chi connectivity index (χ1n) is 5.10. The molecule has 0 radical (unpaired) electrons. The Morgan fingerprint density at radius 3 is 2.67 bits per heavy atom. The van der Waals surface area contributed by atoms with Gasteiger partial charge in [-0.2, -0.15) is 0 Å². The summed E-state index contributed by atoms with van der Waals surface area (Å²) in [5.74, 6) is 0.908. The van der Waals surface area contributed by atoms with Gasteiger partial charge in [-0.15, -0.1) is 0 Å². The highest BCUT2D eigenvalue weighted by Crippen LogP contribution is 2.19. The Kier molecular flexibility index (Phi) is 4.59. The van der Waals surface area contributed by atoms with Crippen LogP contribution in [-0.2, 0) is 4.74 Å². The lowest BCUT2D eigenvalue weighted by Crippen LogP contribution is -2.29. The normalized spacial score (nSPS) is 12.5. The van der Waals surface area contributed by atoms with Crippen LogP contribution in [0.3, 0.4) is 0 Å². The van der Waals surface area contributed by atoms with E-state index in [0.717, 1.165) is 11.3 Å². The second kappa shape index (κ2) is 5.73. The van der Waals surface area contributed by atoms with Gasteiger partial charge in [0.05, 0.1) is 0 Å². The van der Waals surface area contributed by atoms with E-state index in [1.165, 1.54) is 5.56 Å². The molecule has 15 heavy (non-hydrogen) atoms. The Morgan fingerprint density at radius 1 is 1.33 bits per heavy atom. The van der Waals surface area contributed by atoms with E-state index in [0.29, 0.717) is 13.2 Å². The molecule has 0 aliphatic heterocycles. The van der Waals surface area contributed by atoms with Crippen LogP contribution in [0.1, 0.15) is 11.1 Å². The molecule has 0 fully saturated rings. The van der Waals surface area contributed by atoms with Crippen LogP contribution < -0.4 is 10.5 Å². The minimum absolute atomic E-state index is 0.0371. The fraction of sp³-hybridized carbons (Fsp3) is 0.500. The van der Waals surface area contributed by atoms with Crippen molar-refractivity contribution >= 4 is 0 Å². The first-order valence-corrected chi connectivity index (χ1v) is 5.10. The molecule has 1 atom stereocenters. The minimum Gasteiger partial charge on any atom is -0.491 e. The van der Waals surface area contributed by atoms with E-state index >= 15 is 0 Å². The van der Waals surface area contributed by atoms with Gasteiger partial charge in [-0.05, 0) is 31.0 Å². The molecule has 2 N–H and O–H groups in total. The molecule has 0 saturated carbocycles. The summed E-state index contributed by atoms with van der Waals surface area (Å²) in [4.78, 5) is 0. The number of benzene rings is 1. The van der Waals surface area contributed by atoms with E-state index in [9.17, 15) is 0 Å². The molecule has 3 heteroatoms. The quantitative estimate of drug-likeness (QED) is 0.802. The maximum absolute atomic E-state index is 5.66. The highest BCUT2D eigenvalue weighted by Gasteiger charge is 2.06. The topological polar surface area (TPSA) is 44.5 Å². The van der Waals surface area contributed by atoms with Crippen molar-refractivity contribution < 1.29 is 9.47 Å². The zero-order valence-electron chi connectivity index (χ0n) is 9.62. The number of ether oxygens (including phenoxy) is 2. The van der Waals surface area contributed by atoms with E-state index in [1.54, 1.807) is 7.11 Å². The van der Waals surface area contributed by atoms with Gasteiger partial charge in [0.25, 0.3) is 0 Å². The van der Waals surface area contributed by atoms with Gasteiger partial charge in [-0.25, -0.2) is 0 Å². The number of hydrogen-bond acceptors (Lipinski definition) is 3. The molecule has 0 aromatic heterocycles. The van der Waals surface area contributed by atoms with Gasteiger partial charge in [-0.1, -0.05) is 12.1 Å². The van der Waals surface area contributed by atoms with Crippen molar-refractivity contribution in [3.05, 3.63) is 29.3 Å². The molecule has 0 bridgehead atoms. The Balaban J connectivity index is 2.60. The van der Waals surface area contributed by atoms with Gasteiger partial charge >= 0.3 is 0 Å². The molecule has 1 rings (SSSR count). The van der Waals surface area contributed by atoms with Crippen molar-refractivity contribution in [1.29, 1.82) is 0 Å². The second-order valence-corrected chi connectivity index (χ2v) is 3.67. The second-order valence-electron chi connectivity index (χ2n) is 3.67. The van der Waals surface area contributed by atoms with Crippen molar-refractivity contribution in [3.63, 3.8) is 0 Å². The third kappa shape index (κ3) is 3.53. The first-order chi connectivity index (χ1) is 7.17. The fourth-order valence-electron chi connectivity index (χ4n) is 1.28. The largest absolute Gasteiger partial charge is 0.491 e. The van der Waals surface area contributed by atoms with Crippen LogP contribution >= 0.6 is 0 Å². The number of methoxy groups -OCH3 is 1. The molecule has 0 aliphatic carbocycles. The lowest BCUT2D eigenvalue weighted by atomic mass is 10.1. The van der Waals surface area contributed by atoms with E-state index in [1.807, 2.05) is 19.9 Å². The van der Waals surface area contributed by atoms with Gasteiger partial charge in [0.1, 0.15) is 18.5 Å². The van der Waals surface area contributed by atoms with E-state index < -0.39 is 0 Å². The summed E-state index contributed by atoms with van der Waals surface area (Å²) >= 11 is 0. The Bertz CT molecular complexity index is 308. The van der Waals surface area contributed by atoms with Crippen molar-refractivity contribution in [1.82, 2.24) is 0 Å². The predicted molar refractivity (Wildman–Crippen MR) is 61.3 cm³/mol. The average Bonchev–Trinajstić information content (AvgIpc) is 2.24. The molecule has 84 valence electrons. The van der Waals surface area contributed by atoms with Gasteiger partial charge in [0, 0.05) is 13.7 Å². The third-order valence-electron chi connectivity index (χ3n) is 2.36. The zero-order valence-corrected chi connectivity index (χ0v) is 9.62. The summed E-state index contributed by atoms with van der Waals surface area (Å²) < 4.78 is 10.8. The summed E-state index contributed by atoms with van der Waals surface area (Å²) in [6.07, 6.45) is -0.0371. The van der Waals surface area contributed by atoms with Crippen molar-refractivity contribution in [3.8, 4) is 5.75 Å². The summed E-state index contributed by atoms with van der Waals surface area (Å²) in [7, 11) is 1.64. The molecule has 0 aliphatic rings. The SMILES string of the molecule is COC(CN)COc1cc(C)ccc1C. The predicted octanol–water partition coefficient (Wildman–Crippen LogP) is 1.66. The van der Waals surface area contributed by atoms with Gasteiger partial charge in [0.2, 0.25) is 0 Å². The first kappa shape index (κ1) is 12.0. The van der Waals surface area contributed by atoms with Crippen LogP contribution in [0.2, 0.25) is 0 Å². The van der Waals surface area contributed by atoms with E-state index in [2.05, 4.69) is 12.1 Å². The average molecular weight is 209 g/mol. The van der Waals surface area contributed by atoms with Crippen LogP contribution in [0.25, 0.3) is 0 Å². The molecule has 0 amide bonds. The maximum atomic E-state index is 5.66. The molecule has 1 aromatic carbocycles. The van der Waals surface area contributed by atoms with Crippen LogP contribution in [-0.4, -0.2) is 26.4 Å². The molecule has 1 unspecified atom stereocenters. The smallest absolute Gasteiger partial charge is 0.122 e. The summed E-state index contributed by atoms with van der Waals surface area (Å²) in [6, 6.07) is 6.15. The van der Waals surface area contributed by atoms with Crippen LogP contribution in [0.5, 0.6) is 5.75 Å². The van der Waals surface area contributed by atoms with Crippen molar-refractivity contribution in [2.24, 2.45) is 5.73 Å². The van der Waals surface area contributed by atoms with Crippen LogP contribution in [0, 0.1) is 13.8 Å². The molecular formula is C12H19NO2. The minimum atomic E-state index is -0.0371. The lowest BCUT2D eigenvalue weighted by Gasteiger charge is -2.15. The number of rotatable bonds is 5. The summed E-state index contributed by atoms with van der Waals surface area (Å²) in [6.45, 7) is 5.04. The maximum Gasteiger partial charge on any atom is 0.122 e. The summed E-state index contributed by atoms with van der Waals surface area (Å²) in [5, 5.41) is 0. The molecule has 0 saturated heterocycles. The monoisotopic (exact) mass is 209 g/mol. The number of hydrogen-bond donors (Lipinski definition) is 1. The summed E-state index contributed by atoms with van der Waals surface area (Å²) in [5.41, 5.74) is 7.83. The number of aryl methyl sites for hydroxylation is 2. The van der Waals surface area contributed by atoms with Crippen LogP contribution in [0.15, 0.2) is 18.2 Å². The van der Waals surface area contributed by atoms with Gasteiger partial charge in [0.15, 0.2) is 0 Å². The van der Waals surface area contributed by atoms with Crippen molar-refractivity contribution in [2.45, 2.75) is 20.0 Å². The van der Waals surface area contributed by atoms with Crippen molar-refractivity contribution in [2.75, 3.05) is 20.3 Å². The zero-order chi connectivity index (χ0) is 11.3.